The molecule has 4 N–H and O–H groups in total. The van der Waals surface area contributed by atoms with Crippen molar-refractivity contribution in [3.63, 3.8) is 0 Å². The maximum atomic E-state index is 12.0. The lowest BCUT2D eigenvalue weighted by Gasteiger charge is -2.16. The lowest BCUT2D eigenvalue weighted by molar-refractivity contribution is -0.122. The van der Waals surface area contributed by atoms with Crippen LogP contribution in [0.25, 0.3) is 0 Å². The average molecular weight is 430 g/mol. The number of amides is 1. The van der Waals surface area contributed by atoms with Crippen LogP contribution >= 0.6 is 28.3 Å². The van der Waals surface area contributed by atoms with Crippen molar-refractivity contribution in [2.45, 2.75) is 18.6 Å². The summed E-state index contributed by atoms with van der Waals surface area (Å²) in [6, 6.07) is 16.3. The molecular weight excluding hydrogens is 408 g/mol. The van der Waals surface area contributed by atoms with Gasteiger partial charge in [0.05, 0.1) is 10.5 Å². The Morgan fingerprint density at radius 1 is 1.16 bits per heavy atom. The monoisotopic (exact) mass is 428 g/mol. The number of hydrogen-bond acceptors (Lipinski definition) is 4. The minimum atomic E-state index is -0.815. The number of benzene rings is 2. The van der Waals surface area contributed by atoms with Gasteiger partial charge in [0.25, 0.3) is 0 Å². The molecule has 0 saturated heterocycles. The number of nitrogens with two attached hydrogens (primary N) is 1. The normalized spacial score (nSPS) is 12.6. The molecule has 0 heterocycles. The van der Waals surface area contributed by atoms with Crippen molar-refractivity contribution < 1.29 is 14.6 Å². The van der Waals surface area contributed by atoms with Crippen LogP contribution in [0.3, 0.4) is 0 Å². The number of aliphatic hydroxyl groups excluding tert-OH is 1. The van der Waals surface area contributed by atoms with Crippen LogP contribution in [0.5, 0.6) is 5.75 Å². The summed E-state index contributed by atoms with van der Waals surface area (Å²) >= 11 is 3.37. The number of aliphatic hydroxyl groups is 1. The molecule has 0 fully saturated rings. The zero-order valence-corrected chi connectivity index (χ0v) is 16.0. The lowest BCUT2D eigenvalue weighted by atomic mass is 10.1. The lowest BCUT2D eigenvalue weighted by Crippen LogP contribution is -2.45. The zero-order valence-electron chi connectivity index (χ0n) is 13.6. The van der Waals surface area contributed by atoms with Crippen LogP contribution in [0.1, 0.15) is 5.56 Å². The molecule has 1 unspecified atom stereocenters. The summed E-state index contributed by atoms with van der Waals surface area (Å²) in [4.78, 5) is 12.0. The number of rotatable bonds is 8. The van der Waals surface area contributed by atoms with Gasteiger partial charge in [-0.1, -0.05) is 42.5 Å². The Morgan fingerprint density at radius 2 is 1.80 bits per heavy atom. The van der Waals surface area contributed by atoms with Crippen LogP contribution in [0, 0.1) is 0 Å². The van der Waals surface area contributed by atoms with Gasteiger partial charge >= 0.3 is 0 Å². The Morgan fingerprint density at radius 3 is 2.48 bits per heavy atom. The predicted molar refractivity (Wildman–Crippen MR) is 104 cm³/mol. The van der Waals surface area contributed by atoms with Crippen LogP contribution in [0.4, 0.5) is 0 Å². The molecule has 2 rings (SSSR count). The molecule has 2 aromatic rings. The SMILES string of the molecule is Cl.N[C@@H](Cc1ccccc1)C(=O)NCC(O)COc1ccccc1Br. The highest BCUT2D eigenvalue weighted by molar-refractivity contribution is 9.10. The number of carbonyl (C=O) groups is 1. The molecule has 7 heteroatoms. The maximum Gasteiger partial charge on any atom is 0.237 e. The van der Waals surface area contributed by atoms with Crippen LogP contribution in [0.2, 0.25) is 0 Å². The van der Waals surface area contributed by atoms with E-state index >= 15 is 0 Å². The second-order valence-corrected chi connectivity index (χ2v) is 6.29. The van der Waals surface area contributed by atoms with Gasteiger partial charge < -0.3 is 20.9 Å². The van der Waals surface area contributed by atoms with E-state index in [2.05, 4.69) is 21.2 Å². The summed E-state index contributed by atoms with van der Waals surface area (Å²) in [7, 11) is 0. The van der Waals surface area contributed by atoms with Crippen molar-refractivity contribution in [2.75, 3.05) is 13.2 Å². The number of nitrogens with one attached hydrogen (secondary N) is 1. The number of hydrogen-bond donors (Lipinski definition) is 3. The van der Waals surface area contributed by atoms with E-state index < -0.39 is 12.1 Å². The summed E-state index contributed by atoms with van der Waals surface area (Å²) in [6.07, 6.45) is -0.360. The second kappa shape index (κ2) is 11.1. The Balaban J connectivity index is 0.00000312. The number of carbonyl (C=O) groups excluding carboxylic acids is 1. The fourth-order valence-electron chi connectivity index (χ4n) is 2.12. The summed E-state index contributed by atoms with van der Waals surface area (Å²) in [5, 5.41) is 12.6. The van der Waals surface area contributed by atoms with E-state index in [0.29, 0.717) is 12.2 Å². The average Bonchev–Trinajstić information content (AvgIpc) is 2.59. The van der Waals surface area contributed by atoms with Crippen LogP contribution < -0.4 is 15.8 Å². The van der Waals surface area contributed by atoms with E-state index in [1.807, 2.05) is 48.5 Å². The van der Waals surface area contributed by atoms with Gasteiger partial charge in [0.1, 0.15) is 18.5 Å². The van der Waals surface area contributed by atoms with E-state index in [1.165, 1.54) is 0 Å². The number of para-hydroxylation sites is 1. The summed E-state index contributed by atoms with van der Waals surface area (Å²) < 4.78 is 6.32. The van der Waals surface area contributed by atoms with Crippen molar-refractivity contribution in [2.24, 2.45) is 5.73 Å². The smallest absolute Gasteiger partial charge is 0.237 e. The molecule has 2 aromatic carbocycles. The highest BCUT2D eigenvalue weighted by atomic mass is 79.9. The van der Waals surface area contributed by atoms with E-state index in [9.17, 15) is 9.90 Å². The molecule has 5 nitrogen and oxygen atoms in total. The Bertz CT molecular complexity index is 658. The summed E-state index contributed by atoms with van der Waals surface area (Å²) in [5.74, 6) is 0.349. The molecule has 1 amide bonds. The molecular formula is C18H22BrClN2O3. The molecule has 2 atom stereocenters. The first-order chi connectivity index (χ1) is 11.6. The third-order valence-corrected chi connectivity index (χ3v) is 4.07. The standard InChI is InChI=1S/C18H21BrN2O3.ClH/c19-15-8-4-5-9-17(15)24-12-14(22)11-21-18(23)16(20)10-13-6-2-1-3-7-13;/h1-9,14,16,22H,10-12,20H2,(H,21,23);1H/t14?,16-;/m0./s1. The second-order valence-electron chi connectivity index (χ2n) is 5.44. The Labute approximate surface area is 162 Å². The topological polar surface area (TPSA) is 84.6 Å². The molecule has 136 valence electrons. The van der Waals surface area contributed by atoms with Crippen molar-refractivity contribution in [1.29, 1.82) is 0 Å². The molecule has 0 aromatic heterocycles. The van der Waals surface area contributed by atoms with Gasteiger partial charge in [-0.05, 0) is 40.0 Å². The Kier molecular flexibility index (Phi) is 9.52. The third kappa shape index (κ3) is 7.44. The minimum Gasteiger partial charge on any atom is -0.490 e. The van der Waals surface area contributed by atoms with Crippen molar-refractivity contribution in [3.05, 3.63) is 64.6 Å². The molecule has 0 saturated carbocycles. The largest absolute Gasteiger partial charge is 0.490 e. The minimum absolute atomic E-state index is 0. The third-order valence-electron chi connectivity index (χ3n) is 3.42. The predicted octanol–water partition coefficient (Wildman–Crippen LogP) is 2.30. The maximum absolute atomic E-state index is 12.0. The number of ether oxygens (including phenoxy) is 1. The van der Waals surface area contributed by atoms with Gasteiger partial charge in [-0.25, -0.2) is 0 Å². The first-order valence-corrected chi connectivity index (χ1v) is 8.48. The zero-order chi connectivity index (χ0) is 17.4. The molecule has 25 heavy (non-hydrogen) atoms. The quantitative estimate of drug-likeness (QED) is 0.601. The van der Waals surface area contributed by atoms with Gasteiger partial charge in [0.15, 0.2) is 0 Å². The highest BCUT2D eigenvalue weighted by Crippen LogP contribution is 2.23. The first-order valence-electron chi connectivity index (χ1n) is 7.69. The Hall–Kier alpha value is -1.60. The van der Waals surface area contributed by atoms with Crippen molar-refractivity contribution >= 4 is 34.2 Å². The molecule has 0 aliphatic carbocycles. The number of halogens is 2. The van der Waals surface area contributed by atoms with Crippen LogP contribution in [-0.2, 0) is 11.2 Å². The van der Waals surface area contributed by atoms with E-state index in [4.69, 9.17) is 10.5 Å². The molecule has 0 spiro atoms. The highest BCUT2D eigenvalue weighted by Gasteiger charge is 2.15. The fraction of sp³-hybridized carbons (Fsp3) is 0.278. The molecule has 0 aliphatic heterocycles. The summed E-state index contributed by atoms with van der Waals surface area (Å²) in [5.41, 5.74) is 6.89. The summed E-state index contributed by atoms with van der Waals surface area (Å²) in [6.45, 7) is 0.169. The van der Waals surface area contributed by atoms with Gasteiger partial charge in [0, 0.05) is 6.54 Å². The fourth-order valence-corrected chi connectivity index (χ4v) is 2.52. The molecule has 0 radical (unpaired) electrons. The van der Waals surface area contributed by atoms with Gasteiger partial charge in [-0.15, -0.1) is 12.4 Å². The van der Waals surface area contributed by atoms with Gasteiger partial charge in [0.2, 0.25) is 5.91 Å². The van der Waals surface area contributed by atoms with Crippen molar-refractivity contribution in [1.82, 2.24) is 5.32 Å². The van der Waals surface area contributed by atoms with E-state index in [1.54, 1.807) is 6.07 Å². The van der Waals surface area contributed by atoms with Gasteiger partial charge in [-0.3, -0.25) is 4.79 Å². The molecule has 0 aliphatic rings. The first kappa shape index (κ1) is 21.4. The van der Waals surface area contributed by atoms with Crippen molar-refractivity contribution in [3.8, 4) is 5.75 Å². The van der Waals surface area contributed by atoms with Crippen LogP contribution in [0.15, 0.2) is 59.1 Å². The van der Waals surface area contributed by atoms with Crippen LogP contribution in [-0.4, -0.2) is 36.3 Å². The van der Waals surface area contributed by atoms with Gasteiger partial charge in [-0.2, -0.15) is 0 Å². The molecule has 0 bridgehead atoms. The van der Waals surface area contributed by atoms with E-state index in [-0.39, 0.29) is 31.5 Å². The van der Waals surface area contributed by atoms with E-state index in [0.717, 1.165) is 10.0 Å².